The number of likely N-dealkylation sites (tertiary alicyclic amines) is 1. The second kappa shape index (κ2) is 8.80. The van der Waals surface area contributed by atoms with Gasteiger partial charge in [0.1, 0.15) is 0 Å². The second-order valence-corrected chi connectivity index (χ2v) is 8.16. The molecule has 0 bridgehead atoms. The average Bonchev–Trinajstić information content (AvgIpc) is 3.02. The lowest BCUT2D eigenvalue weighted by atomic mass is 10.0. The van der Waals surface area contributed by atoms with E-state index in [0.29, 0.717) is 5.69 Å². The first-order valence-corrected chi connectivity index (χ1v) is 10.1. The van der Waals surface area contributed by atoms with Gasteiger partial charge in [0.2, 0.25) is 0 Å². The Kier molecular flexibility index (Phi) is 6.44. The largest absolute Gasteiger partial charge is 0.348 e. The van der Waals surface area contributed by atoms with Crippen LogP contribution in [0.4, 0.5) is 0 Å². The van der Waals surface area contributed by atoms with E-state index in [2.05, 4.69) is 56.4 Å². The van der Waals surface area contributed by atoms with Crippen molar-refractivity contribution >= 4 is 21.8 Å². The highest BCUT2D eigenvalue weighted by molar-refractivity contribution is 9.10. The lowest BCUT2D eigenvalue weighted by Gasteiger charge is -2.31. The summed E-state index contributed by atoms with van der Waals surface area (Å²) in [5.41, 5.74) is 3.35. The summed E-state index contributed by atoms with van der Waals surface area (Å²) in [5.74, 6) is -0.142. The number of rotatable bonds is 5. The van der Waals surface area contributed by atoms with Crippen molar-refractivity contribution in [1.82, 2.24) is 25.2 Å². The van der Waals surface area contributed by atoms with Crippen molar-refractivity contribution < 1.29 is 4.79 Å². The number of halogens is 1. The molecular formula is C20H26BrN5O. The maximum atomic E-state index is 12.7. The normalized spacial score (nSPS) is 15.6. The van der Waals surface area contributed by atoms with Crippen LogP contribution in [0.2, 0.25) is 0 Å². The third kappa shape index (κ3) is 5.05. The van der Waals surface area contributed by atoms with Crippen molar-refractivity contribution in [2.24, 2.45) is 0 Å². The predicted octanol–water partition coefficient (Wildman–Crippen LogP) is 3.50. The molecule has 0 spiro atoms. The van der Waals surface area contributed by atoms with Gasteiger partial charge < -0.3 is 5.32 Å². The van der Waals surface area contributed by atoms with Crippen LogP contribution in [0.3, 0.4) is 0 Å². The van der Waals surface area contributed by atoms with Crippen LogP contribution in [-0.4, -0.2) is 51.5 Å². The van der Waals surface area contributed by atoms with E-state index >= 15 is 0 Å². The first-order chi connectivity index (χ1) is 12.9. The average molecular weight is 432 g/mol. The molecule has 2 aromatic rings. The number of aromatic nitrogens is 3. The first-order valence-electron chi connectivity index (χ1n) is 9.29. The van der Waals surface area contributed by atoms with Gasteiger partial charge in [-0.2, -0.15) is 0 Å². The Morgan fingerprint density at radius 2 is 2.07 bits per heavy atom. The van der Waals surface area contributed by atoms with Crippen molar-refractivity contribution in [2.45, 2.75) is 39.7 Å². The summed E-state index contributed by atoms with van der Waals surface area (Å²) in [7, 11) is 0. The zero-order valence-corrected chi connectivity index (χ0v) is 17.7. The second-order valence-electron chi connectivity index (χ2n) is 7.24. The number of hydrogen-bond donors (Lipinski definition) is 1. The van der Waals surface area contributed by atoms with Crippen LogP contribution >= 0.6 is 15.9 Å². The number of nitrogens with zero attached hydrogens (tertiary/aromatic N) is 4. The molecule has 0 radical (unpaired) electrons. The summed E-state index contributed by atoms with van der Waals surface area (Å²) in [6.07, 6.45) is 4.17. The van der Waals surface area contributed by atoms with Crippen LogP contribution in [0.25, 0.3) is 5.69 Å². The van der Waals surface area contributed by atoms with Gasteiger partial charge in [-0.25, -0.2) is 4.68 Å². The summed E-state index contributed by atoms with van der Waals surface area (Å²) in [4.78, 5) is 15.1. The van der Waals surface area contributed by atoms with Gasteiger partial charge in [0.05, 0.1) is 11.4 Å². The molecule has 144 valence electrons. The molecule has 0 saturated carbocycles. The Labute approximate surface area is 168 Å². The third-order valence-corrected chi connectivity index (χ3v) is 5.34. The maximum absolute atomic E-state index is 12.7. The van der Waals surface area contributed by atoms with Crippen LogP contribution in [0, 0.1) is 6.92 Å². The van der Waals surface area contributed by atoms with E-state index in [-0.39, 0.29) is 11.9 Å². The fourth-order valence-electron chi connectivity index (χ4n) is 3.22. The fourth-order valence-corrected chi connectivity index (χ4v) is 3.60. The minimum Gasteiger partial charge on any atom is -0.348 e. The summed E-state index contributed by atoms with van der Waals surface area (Å²) >= 11 is 3.46. The molecule has 1 aromatic heterocycles. The SMILES string of the molecule is CC(C)=CCN1CCC(NC(=O)c2nnn(-c3cccc(Br)c3)c2C)CC1. The molecule has 0 atom stereocenters. The van der Waals surface area contributed by atoms with Crippen LogP contribution in [0.1, 0.15) is 42.9 Å². The number of nitrogens with one attached hydrogen (secondary N) is 1. The topological polar surface area (TPSA) is 63.1 Å². The van der Waals surface area contributed by atoms with Crippen LogP contribution in [-0.2, 0) is 0 Å². The van der Waals surface area contributed by atoms with E-state index in [1.807, 2.05) is 31.2 Å². The summed E-state index contributed by atoms with van der Waals surface area (Å²) in [5, 5.41) is 11.4. The number of allylic oxidation sites excluding steroid dienone is 1. The zero-order chi connectivity index (χ0) is 19.4. The van der Waals surface area contributed by atoms with E-state index < -0.39 is 0 Å². The number of carbonyl (C=O) groups is 1. The van der Waals surface area contributed by atoms with Gasteiger partial charge in [0.25, 0.3) is 5.91 Å². The predicted molar refractivity (Wildman–Crippen MR) is 110 cm³/mol. The molecule has 3 rings (SSSR count). The van der Waals surface area contributed by atoms with E-state index in [1.54, 1.807) is 4.68 Å². The molecule has 1 aliphatic heterocycles. The molecule has 1 aliphatic rings. The standard InChI is InChI=1S/C20H26BrN5O/c1-14(2)7-10-25-11-8-17(9-12-25)22-20(27)19-15(3)26(24-23-19)18-6-4-5-16(21)13-18/h4-7,13,17H,8-12H2,1-3H3,(H,22,27). The van der Waals surface area contributed by atoms with E-state index in [0.717, 1.165) is 48.3 Å². The van der Waals surface area contributed by atoms with Crippen LogP contribution in [0.5, 0.6) is 0 Å². The number of amides is 1. The van der Waals surface area contributed by atoms with Crippen molar-refractivity contribution in [3.63, 3.8) is 0 Å². The Morgan fingerprint density at radius 1 is 1.33 bits per heavy atom. The Balaban J connectivity index is 1.60. The molecule has 27 heavy (non-hydrogen) atoms. The summed E-state index contributed by atoms with van der Waals surface area (Å²) in [6, 6.07) is 7.97. The van der Waals surface area contributed by atoms with Gasteiger partial charge in [-0.1, -0.05) is 38.9 Å². The molecule has 0 unspecified atom stereocenters. The molecule has 6 nitrogen and oxygen atoms in total. The lowest BCUT2D eigenvalue weighted by Crippen LogP contribution is -2.44. The summed E-state index contributed by atoms with van der Waals surface area (Å²) in [6.45, 7) is 9.10. The van der Waals surface area contributed by atoms with Gasteiger partial charge >= 0.3 is 0 Å². The smallest absolute Gasteiger partial charge is 0.273 e. The number of piperidine rings is 1. The van der Waals surface area contributed by atoms with Crippen LogP contribution in [0.15, 0.2) is 40.4 Å². The van der Waals surface area contributed by atoms with E-state index in [9.17, 15) is 4.79 Å². The molecule has 1 N–H and O–H groups in total. The van der Waals surface area contributed by atoms with Crippen molar-refractivity contribution in [2.75, 3.05) is 19.6 Å². The highest BCUT2D eigenvalue weighted by Crippen LogP contribution is 2.18. The number of carbonyl (C=O) groups excluding carboxylic acids is 1. The van der Waals surface area contributed by atoms with Gasteiger partial charge in [-0.15, -0.1) is 5.10 Å². The van der Waals surface area contributed by atoms with Crippen molar-refractivity contribution in [1.29, 1.82) is 0 Å². The minimum atomic E-state index is -0.142. The number of hydrogen-bond acceptors (Lipinski definition) is 4. The van der Waals surface area contributed by atoms with Crippen LogP contribution < -0.4 is 5.32 Å². The van der Waals surface area contributed by atoms with Crippen molar-refractivity contribution in [3.05, 3.63) is 51.8 Å². The van der Waals surface area contributed by atoms with Gasteiger partial charge in [0, 0.05) is 30.1 Å². The van der Waals surface area contributed by atoms with E-state index in [1.165, 1.54) is 5.57 Å². The quantitative estimate of drug-likeness (QED) is 0.735. The highest BCUT2D eigenvalue weighted by atomic mass is 79.9. The monoisotopic (exact) mass is 431 g/mol. The lowest BCUT2D eigenvalue weighted by molar-refractivity contribution is 0.0908. The molecule has 1 aromatic carbocycles. The molecule has 1 amide bonds. The van der Waals surface area contributed by atoms with Gasteiger partial charge in [-0.05, 0) is 51.8 Å². The molecule has 0 aliphatic carbocycles. The fraction of sp³-hybridized carbons (Fsp3) is 0.450. The zero-order valence-electron chi connectivity index (χ0n) is 16.1. The first kappa shape index (κ1) is 19.8. The van der Waals surface area contributed by atoms with E-state index in [4.69, 9.17) is 0 Å². The molecule has 2 heterocycles. The van der Waals surface area contributed by atoms with Gasteiger partial charge in [-0.3, -0.25) is 9.69 Å². The van der Waals surface area contributed by atoms with Gasteiger partial charge in [0.15, 0.2) is 5.69 Å². The Bertz CT molecular complexity index is 833. The maximum Gasteiger partial charge on any atom is 0.273 e. The molecular weight excluding hydrogens is 406 g/mol. The summed E-state index contributed by atoms with van der Waals surface area (Å²) < 4.78 is 2.66. The minimum absolute atomic E-state index is 0.142. The highest BCUT2D eigenvalue weighted by Gasteiger charge is 2.23. The van der Waals surface area contributed by atoms with Crippen molar-refractivity contribution in [3.8, 4) is 5.69 Å². The Morgan fingerprint density at radius 3 is 2.74 bits per heavy atom. The Hall–Kier alpha value is -1.99. The molecule has 1 fully saturated rings. The third-order valence-electron chi connectivity index (χ3n) is 4.84. The molecule has 1 saturated heterocycles. The molecule has 7 heteroatoms. The number of benzene rings is 1.